The Balaban J connectivity index is 1.27. The molecule has 2 aliphatic rings. The van der Waals surface area contributed by atoms with Gasteiger partial charge in [-0.2, -0.15) is 5.10 Å². The van der Waals surface area contributed by atoms with Crippen LogP contribution in [-0.2, 0) is 11.3 Å². The third-order valence-electron chi connectivity index (χ3n) is 7.59. The number of urea groups is 1. The first-order chi connectivity index (χ1) is 19.6. The molecule has 0 bridgehead atoms. The highest BCUT2D eigenvalue weighted by Gasteiger charge is 2.26. The lowest BCUT2D eigenvalue weighted by atomic mass is 10.0. The van der Waals surface area contributed by atoms with E-state index >= 15 is 0 Å². The van der Waals surface area contributed by atoms with E-state index in [0.29, 0.717) is 24.7 Å². The fraction of sp³-hybridized carbons (Fsp3) is 0.379. The first kappa shape index (κ1) is 26.1. The highest BCUT2D eigenvalue weighted by atomic mass is 19.1. The molecule has 0 spiro atoms. The molecule has 40 heavy (non-hydrogen) atoms. The number of hydrogen-bond donors (Lipinski definition) is 2. The van der Waals surface area contributed by atoms with Crippen LogP contribution in [0.15, 0.2) is 54.7 Å². The SMILES string of the molecule is CNC(=O)Nc1ccc(-c2nc(N3CCOCC3)c3cnn(C4CCN(Cc5ccc(F)cc5)CC4)c3n2)cc1. The maximum Gasteiger partial charge on any atom is 0.318 e. The van der Waals surface area contributed by atoms with E-state index in [1.54, 1.807) is 7.05 Å². The number of likely N-dealkylation sites (tertiary alicyclic amines) is 1. The molecule has 2 amide bonds. The van der Waals surface area contributed by atoms with Gasteiger partial charge in [0.2, 0.25) is 0 Å². The fourth-order valence-electron chi connectivity index (χ4n) is 5.39. The van der Waals surface area contributed by atoms with Crippen LogP contribution in [0.5, 0.6) is 0 Å². The monoisotopic (exact) mass is 544 g/mol. The highest BCUT2D eigenvalue weighted by molar-refractivity contribution is 5.90. The first-order valence-corrected chi connectivity index (χ1v) is 13.7. The molecule has 2 aromatic heterocycles. The van der Waals surface area contributed by atoms with Crippen molar-refractivity contribution in [1.82, 2.24) is 30.0 Å². The molecule has 4 heterocycles. The van der Waals surface area contributed by atoms with Crippen LogP contribution >= 0.6 is 0 Å². The van der Waals surface area contributed by atoms with Crippen LogP contribution in [0, 0.1) is 5.82 Å². The van der Waals surface area contributed by atoms with Gasteiger partial charge >= 0.3 is 6.03 Å². The van der Waals surface area contributed by atoms with Crippen molar-refractivity contribution in [3.8, 4) is 11.4 Å². The number of aromatic nitrogens is 4. The topological polar surface area (TPSA) is 100 Å². The van der Waals surface area contributed by atoms with Gasteiger partial charge in [-0.05, 0) is 54.8 Å². The molecule has 0 unspecified atom stereocenters. The third kappa shape index (κ3) is 5.61. The summed E-state index contributed by atoms with van der Waals surface area (Å²) in [5, 5.41) is 11.1. The number of ether oxygens (including phenoxy) is 1. The minimum Gasteiger partial charge on any atom is -0.378 e. The molecular formula is C29H33FN8O2. The minimum atomic E-state index is -0.271. The van der Waals surface area contributed by atoms with E-state index in [-0.39, 0.29) is 17.9 Å². The van der Waals surface area contributed by atoms with Crippen molar-refractivity contribution >= 4 is 28.6 Å². The molecule has 2 fully saturated rings. The van der Waals surface area contributed by atoms with Gasteiger partial charge in [0.15, 0.2) is 11.5 Å². The molecule has 2 aromatic carbocycles. The molecule has 0 atom stereocenters. The van der Waals surface area contributed by atoms with Gasteiger partial charge in [-0.3, -0.25) is 4.90 Å². The van der Waals surface area contributed by atoms with Crippen LogP contribution in [0.1, 0.15) is 24.4 Å². The second-order valence-corrected chi connectivity index (χ2v) is 10.2. The summed E-state index contributed by atoms with van der Waals surface area (Å²) >= 11 is 0. The largest absolute Gasteiger partial charge is 0.378 e. The van der Waals surface area contributed by atoms with Crippen LogP contribution in [0.2, 0.25) is 0 Å². The van der Waals surface area contributed by atoms with Crippen molar-refractivity contribution in [1.29, 1.82) is 0 Å². The Kier molecular flexibility index (Phi) is 7.56. The Morgan fingerprint density at radius 2 is 1.73 bits per heavy atom. The van der Waals surface area contributed by atoms with Crippen molar-refractivity contribution in [2.24, 2.45) is 0 Å². The van der Waals surface area contributed by atoms with Crippen molar-refractivity contribution < 1.29 is 13.9 Å². The molecule has 10 nitrogen and oxygen atoms in total. The summed E-state index contributed by atoms with van der Waals surface area (Å²) in [6.45, 7) is 5.49. The lowest BCUT2D eigenvalue weighted by Gasteiger charge is -2.32. The Hall–Kier alpha value is -4.09. The number of hydrogen-bond acceptors (Lipinski definition) is 7. The molecule has 0 saturated carbocycles. The van der Waals surface area contributed by atoms with Gasteiger partial charge < -0.3 is 20.3 Å². The second-order valence-electron chi connectivity index (χ2n) is 10.2. The van der Waals surface area contributed by atoms with E-state index in [2.05, 4.69) is 25.1 Å². The number of nitrogens with zero attached hydrogens (tertiary/aromatic N) is 6. The standard InChI is InChI=1S/C29H33FN8O2/c1-31-29(39)33-23-8-4-21(5-9-23)26-34-27(37-14-16-40-17-15-37)25-18-32-38(28(25)35-26)24-10-12-36(13-11-24)19-20-2-6-22(30)7-3-20/h2-9,18,24H,10-17,19H2,1H3,(H2,31,33,39). The van der Waals surface area contributed by atoms with Crippen molar-refractivity contribution in [3.05, 3.63) is 66.1 Å². The number of rotatable bonds is 6. The quantitative estimate of drug-likeness (QED) is 0.378. The maximum atomic E-state index is 13.3. The van der Waals surface area contributed by atoms with Crippen molar-refractivity contribution in [3.63, 3.8) is 0 Å². The average Bonchev–Trinajstić information content (AvgIpc) is 3.43. The van der Waals surface area contributed by atoms with E-state index < -0.39 is 0 Å². The predicted octanol–water partition coefficient (Wildman–Crippen LogP) is 4.06. The summed E-state index contributed by atoms with van der Waals surface area (Å²) in [6.07, 6.45) is 3.79. The summed E-state index contributed by atoms with van der Waals surface area (Å²) < 4.78 is 21.0. The van der Waals surface area contributed by atoms with Gasteiger partial charge in [-0.25, -0.2) is 23.8 Å². The summed E-state index contributed by atoms with van der Waals surface area (Å²) in [5.41, 5.74) is 3.50. The van der Waals surface area contributed by atoms with Crippen LogP contribution < -0.4 is 15.5 Å². The Labute approximate surface area is 232 Å². The maximum absolute atomic E-state index is 13.3. The van der Waals surface area contributed by atoms with E-state index in [4.69, 9.17) is 19.8 Å². The number of anilines is 2. The summed E-state index contributed by atoms with van der Waals surface area (Å²) in [5.74, 6) is 1.29. The second kappa shape index (κ2) is 11.6. The van der Waals surface area contributed by atoms with E-state index in [0.717, 1.165) is 73.5 Å². The third-order valence-corrected chi connectivity index (χ3v) is 7.59. The van der Waals surface area contributed by atoms with Crippen LogP contribution in [0.25, 0.3) is 22.4 Å². The number of morpholine rings is 1. The number of carbonyl (C=O) groups is 1. The van der Waals surface area contributed by atoms with E-state index in [1.807, 2.05) is 42.6 Å². The number of fused-ring (bicyclic) bond motifs is 1. The molecule has 2 aliphatic heterocycles. The van der Waals surface area contributed by atoms with Gasteiger partial charge in [0, 0.05) is 51.0 Å². The van der Waals surface area contributed by atoms with Gasteiger partial charge in [-0.15, -0.1) is 0 Å². The van der Waals surface area contributed by atoms with Crippen molar-refractivity contribution in [2.75, 3.05) is 56.7 Å². The minimum absolute atomic E-state index is 0.206. The van der Waals surface area contributed by atoms with Gasteiger partial charge in [0.05, 0.1) is 30.8 Å². The zero-order valence-corrected chi connectivity index (χ0v) is 22.5. The normalized spacial score (nSPS) is 16.8. The number of carbonyl (C=O) groups excluding carboxylic acids is 1. The van der Waals surface area contributed by atoms with Gasteiger partial charge in [-0.1, -0.05) is 12.1 Å². The zero-order valence-electron chi connectivity index (χ0n) is 22.5. The number of amides is 2. The van der Waals surface area contributed by atoms with E-state index in [9.17, 15) is 9.18 Å². The summed E-state index contributed by atoms with van der Waals surface area (Å²) in [6, 6.07) is 14.2. The van der Waals surface area contributed by atoms with Gasteiger partial charge in [0.1, 0.15) is 11.6 Å². The first-order valence-electron chi connectivity index (χ1n) is 13.7. The lowest BCUT2D eigenvalue weighted by Crippen LogP contribution is -2.37. The Morgan fingerprint density at radius 3 is 2.42 bits per heavy atom. The molecule has 2 N–H and O–H groups in total. The summed E-state index contributed by atoms with van der Waals surface area (Å²) in [7, 11) is 1.58. The number of halogens is 1. The molecule has 4 aromatic rings. The molecule has 208 valence electrons. The van der Waals surface area contributed by atoms with Crippen LogP contribution in [0.3, 0.4) is 0 Å². The lowest BCUT2D eigenvalue weighted by molar-refractivity contribution is 0.122. The predicted molar refractivity (Wildman–Crippen MR) is 152 cm³/mol. The molecule has 0 radical (unpaired) electrons. The summed E-state index contributed by atoms with van der Waals surface area (Å²) in [4.78, 5) is 26.4. The fourth-order valence-corrected chi connectivity index (χ4v) is 5.39. The molecular weight excluding hydrogens is 511 g/mol. The Bertz CT molecular complexity index is 1460. The van der Waals surface area contributed by atoms with Crippen LogP contribution in [-0.4, -0.2) is 77.1 Å². The molecule has 0 aliphatic carbocycles. The zero-order chi connectivity index (χ0) is 27.5. The smallest absolute Gasteiger partial charge is 0.318 e. The van der Waals surface area contributed by atoms with Crippen molar-refractivity contribution in [2.45, 2.75) is 25.4 Å². The average molecular weight is 545 g/mol. The molecule has 2 saturated heterocycles. The van der Waals surface area contributed by atoms with E-state index in [1.165, 1.54) is 12.1 Å². The Morgan fingerprint density at radius 1 is 1.00 bits per heavy atom. The number of piperidine rings is 1. The highest BCUT2D eigenvalue weighted by Crippen LogP contribution is 2.32. The molecule has 11 heteroatoms. The van der Waals surface area contributed by atoms with Gasteiger partial charge in [0.25, 0.3) is 0 Å². The van der Waals surface area contributed by atoms with Crippen LogP contribution in [0.4, 0.5) is 20.7 Å². The number of benzene rings is 2. The molecule has 6 rings (SSSR count). The number of nitrogens with one attached hydrogen (secondary N) is 2.